The van der Waals surface area contributed by atoms with Crippen LogP contribution in [0.3, 0.4) is 0 Å². The average molecular weight is 418 g/mol. The first-order valence-electron chi connectivity index (χ1n) is 9.64. The molecule has 158 valence electrons. The molecule has 0 atom stereocenters. The summed E-state index contributed by atoms with van der Waals surface area (Å²) >= 11 is 0. The maximum Gasteiger partial charge on any atom is 0.356 e. The van der Waals surface area contributed by atoms with Crippen LogP contribution >= 0.6 is 0 Å². The number of rotatable bonds is 5. The van der Waals surface area contributed by atoms with Crippen LogP contribution in [0.15, 0.2) is 60.7 Å². The number of methoxy groups -OCH3 is 3. The highest BCUT2D eigenvalue weighted by atomic mass is 16.5. The zero-order valence-corrected chi connectivity index (χ0v) is 17.7. The monoisotopic (exact) mass is 418 g/mol. The van der Waals surface area contributed by atoms with Gasteiger partial charge >= 0.3 is 11.9 Å². The number of hydrogen-bond donors (Lipinski definition) is 0. The Morgan fingerprint density at radius 2 is 1.48 bits per heavy atom. The summed E-state index contributed by atoms with van der Waals surface area (Å²) in [5.41, 5.74) is 3.73. The van der Waals surface area contributed by atoms with Crippen LogP contribution in [-0.4, -0.2) is 42.6 Å². The lowest BCUT2D eigenvalue weighted by molar-refractivity contribution is 0.0585. The molecule has 0 aliphatic carbocycles. The molecule has 0 fully saturated rings. The van der Waals surface area contributed by atoms with Crippen molar-refractivity contribution in [2.75, 3.05) is 21.3 Å². The van der Waals surface area contributed by atoms with Gasteiger partial charge in [-0.25, -0.2) is 14.3 Å². The Morgan fingerprint density at radius 1 is 0.806 bits per heavy atom. The van der Waals surface area contributed by atoms with E-state index in [1.54, 1.807) is 23.9 Å². The lowest BCUT2D eigenvalue weighted by atomic mass is 10.1. The van der Waals surface area contributed by atoms with Crippen LogP contribution in [0.4, 0.5) is 0 Å². The normalized spacial score (nSPS) is 10.8. The van der Waals surface area contributed by atoms with Crippen molar-refractivity contribution in [3.8, 4) is 17.0 Å². The van der Waals surface area contributed by atoms with Crippen molar-refractivity contribution in [2.24, 2.45) is 0 Å². The zero-order chi connectivity index (χ0) is 22.1. The molecule has 0 bridgehead atoms. The number of ether oxygens (including phenoxy) is 3. The zero-order valence-electron chi connectivity index (χ0n) is 17.7. The molecule has 7 nitrogen and oxygen atoms in total. The molecule has 0 unspecified atom stereocenters. The molecule has 0 saturated heterocycles. The number of carbonyl (C=O) groups is 2. The third kappa shape index (κ3) is 3.34. The van der Waals surface area contributed by atoms with Crippen molar-refractivity contribution in [3.05, 3.63) is 77.6 Å². The lowest BCUT2D eigenvalue weighted by Crippen LogP contribution is -2.19. The second-order valence-electron chi connectivity index (χ2n) is 6.95. The Kier molecular flexibility index (Phi) is 5.25. The molecule has 0 amide bonds. The molecule has 2 aromatic heterocycles. The van der Waals surface area contributed by atoms with E-state index in [0.29, 0.717) is 28.4 Å². The van der Waals surface area contributed by atoms with Crippen molar-refractivity contribution < 1.29 is 23.8 Å². The van der Waals surface area contributed by atoms with Gasteiger partial charge in [-0.2, -0.15) is 0 Å². The second-order valence-corrected chi connectivity index (χ2v) is 6.95. The third-order valence-corrected chi connectivity index (χ3v) is 5.29. The van der Waals surface area contributed by atoms with E-state index in [2.05, 4.69) is 0 Å². The highest BCUT2D eigenvalue weighted by molar-refractivity contribution is 5.96. The number of benzene rings is 2. The number of para-hydroxylation sites is 1. The largest absolute Gasteiger partial charge is 0.497 e. The number of aromatic nitrogens is 2. The van der Waals surface area contributed by atoms with Gasteiger partial charge in [0.25, 0.3) is 0 Å². The van der Waals surface area contributed by atoms with Crippen LogP contribution in [-0.2, 0) is 9.47 Å². The predicted octanol–water partition coefficient (Wildman–Crippen LogP) is 4.31. The Bertz CT molecular complexity index is 1280. The van der Waals surface area contributed by atoms with Crippen LogP contribution in [0.1, 0.15) is 26.5 Å². The molecular formula is C24H22N2O5. The van der Waals surface area contributed by atoms with Crippen molar-refractivity contribution in [3.63, 3.8) is 0 Å². The fourth-order valence-corrected chi connectivity index (χ4v) is 3.74. The van der Waals surface area contributed by atoms with Gasteiger partial charge in [-0.1, -0.05) is 18.2 Å². The summed E-state index contributed by atoms with van der Waals surface area (Å²) in [6.45, 7) is 1.81. The quantitative estimate of drug-likeness (QED) is 0.452. The van der Waals surface area contributed by atoms with E-state index in [-0.39, 0.29) is 0 Å². The van der Waals surface area contributed by atoms with E-state index in [0.717, 1.165) is 16.5 Å². The van der Waals surface area contributed by atoms with Crippen LogP contribution in [0, 0.1) is 6.92 Å². The maximum absolute atomic E-state index is 12.7. The second kappa shape index (κ2) is 8.02. The van der Waals surface area contributed by atoms with Crippen molar-refractivity contribution in [2.45, 2.75) is 6.92 Å². The van der Waals surface area contributed by atoms with E-state index in [1.807, 2.05) is 60.1 Å². The molecule has 7 heteroatoms. The van der Waals surface area contributed by atoms with Crippen molar-refractivity contribution >= 4 is 22.8 Å². The van der Waals surface area contributed by atoms with Crippen molar-refractivity contribution in [1.29, 1.82) is 0 Å². The van der Waals surface area contributed by atoms with E-state index < -0.39 is 11.9 Å². The fourth-order valence-electron chi connectivity index (χ4n) is 3.74. The Morgan fingerprint density at radius 3 is 2.13 bits per heavy atom. The third-order valence-electron chi connectivity index (χ3n) is 5.29. The summed E-state index contributed by atoms with van der Waals surface area (Å²) in [5.74, 6) is -0.222. The summed E-state index contributed by atoms with van der Waals surface area (Å²) in [5, 5.41) is 0.872. The summed E-state index contributed by atoms with van der Waals surface area (Å²) in [6.07, 6.45) is 0. The smallest absolute Gasteiger partial charge is 0.356 e. The summed E-state index contributed by atoms with van der Waals surface area (Å²) in [4.78, 5) is 25.1. The molecule has 2 aromatic carbocycles. The number of carbonyl (C=O) groups excluding carboxylic acids is 2. The highest BCUT2D eigenvalue weighted by Crippen LogP contribution is 2.31. The van der Waals surface area contributed by atoms with Crippen LogP contribution in [0.25, 0.3) is 22.2 Å². The number of esters is 2. The summed E-state index contributed by atoms with van der Waals surface area (Å²) < 4.78 is 18.9. The molecule has 0 spiro atoms. The van der Waals surface area contributed by atoms with Gasteiger partial charge in [0.05, 0.1) is 43.8 Å². The van der Waals surface area contributed by atoms with Crippen molar-refractivity contribution in [1.82, 2.24) is 9.35 Å². The van der Waals surface area contributed by atoms with Gasteiger partial charge in [-0.05, 0) is 49.4 Å². The fraction of sp³-hybridized carbons (Fsp3) is 0.167. The van der Waals surface area contributed by atoms with Gasteiger partial charge in [-0.15, -0.1) is 0 Å². The molecule has 2 heterocycles. The summed E-state index contributed by atoms with van der Waals surface area (Å²) in [6, 6.07) is 18.7. The number of fused-ring (bicyclic) bond motifs is 1. The van der Waals surface area contributed by atoms with E-state index in [9.17, 15) is 9.59 Å². The highest BCUT2D eigenvalue weighted by Gasteiger charge is 2.25. The van der Waals surface area contributed by atoms with Crippen LogP contribution in [0.2, 0.25) is 0 Å². The van der Waals surface area contributed by atoms with Crippen LogP contribution < -0.4 is 4.74 Å². The average Bonchev–Trinajstić information content (AvgIpc) is 3.35. The van der Waals surface area contributed by atoms with Gasteiger partial charge in [0.15, 0.2) is 0 Å². The van der Waals surface area contributed by atoms with Crippen LogP contribution in [0.5, 0.6) is 5.75 Å². The molecule has 31 heavy (non-hydrogen) atoms. The molecule has 0 aliphatic heterocycles. The topological polar surface area (TPSA) is 71.7 Å². The molecule has 0 saturated carbocycles. The van der Waals surface area contributed by atoms with Gasteiger partial charge < -0.3 is 14.2 Å². The van der Waals surface area contributed by atoms with Gasteiger partial charge in [0.2, 0.25) is 0 Å². The summed E-state index contributed by atoms with van der Waals surface area (Å²) in [7, 11) is 4.29. The maximum atomic E-state index is 12.7. The number of nitrogens with zero attached hydrogens (tertiary/aromatic N) is 2. The van der Waals surface area contributed by atoms with Gasteiger partial charge in [0, 0.05) is 10.9 Å². The SMILES string of the molecule is COC(=O)c1cc(-c2ccc(OC)cc2)n(-n2c(C(=O)OC)cc3ccccc32)c1C. The minimum Gasteiger partial charge on any atom is -0.497 e. The van der Waals surface area contributed by atoms with Gasteiger partial charge in [-0.3, -0.25) is 4.68 Å². The Labute approximate surface area is 179 Å². The minimum atomic E-state index is -0.482. The molecule has 4 rings (SSSR count). The van der Waals surface area contributed by atoms with E-state index >= 15 is 0 Å². The molecule has 0 N–H and O–H groups in total. The Balaban J connectivity index is 2.08. The predicted molar refractivity (Wildman–Crippen MR) is 117 cm³/mol. The van der Waals surface area contributed by atoms with Gasteiger partial charge in [0.1, 0.15) is 11.4 Å². The minimum absolute atomic E-state index is 0.341. The molecule has 0 radical (unpaired) electrons. The molecule has 4 aromatic rings. The Hall–Kier alpha value is -4.00. The van der Waals surface area contributed by atoms with E-state index in [4.69, 9.17) is 14.2 Å². The molecular weight excluding hydrogens is 396 g/mol. The first kappa shape index (κ1) is 20.3. The number of hydrogen-bond acceptors (Lipinski definition) is 5. The standard InChI is InChI=1S/C24H22N2O5/c1-15-19(23(27)30-3)14-21(16-9-11-18(29-2)12-10-16)25(15)26-20-8-6-5-7-17(20)13-22(26)24(28)31-4/h5-14H,1-4H3. The molecule has 0 aliphatic rings. The lowest BCUT2D eigenvalue weighted by Gasteiger charge is -2.17. The first-order valence-corrected chi connectivity index (χ1v) is 9.64. The van der Waals surface area contributed by atoms with E-state index in [1.165, 1.54) is 14.2 Å². The first-order chi connectivity index (χ1) is 15.0.